The van der Waals surface area contributed by atoms with E-state index in [1.807, 2.05) is 18.2 Å². The Morgan fingerprint density at radius 2 is 1.55 bits per heavy atom. The number of carbonyl (C=O) groups is 1. The van der Waals surface area contributed by atoms with Gasteiger partial charge in [-0.25, -0.2) is 18.4 Å². The van der Waals surface area contributed by atoms with Gasteiger partial charge in [0.2, 0.25) is 11.9 Å². The molecular formula is C23H26N6O3S. The summed E-state index contributed by atoms with van der Waals surface area (Å²) in [5.74, 6) is 0.350. The molecule has 2 heterocycles. The van der Waals surface area contributed by atoms with Crippen molar-refractivity contribution in [3.8, 4) is 0 Å². The number of aryl methyl sites for hydroxylation is 1. The van der Waals surface area contributed by atoms with Crippen LogP contribution in [0, 0.1) is 6.92 Å². The Hall–Kier alpha value is -3.66. The minimum atomic E-state index is -3.83. The first-order valence-electron chi connectivity index (χ1n) is 10.6. The number of amides is 1. The molecule has 0 radical (unpaired) electrons. The summed E-state index contributed by atoms with van der Waals surface area (Å²) in [4.78, 5) is 24.5. The molecule has 1 amide bonds. The number of sulfonamides is 1. The number of para-hydroxylation sites is 1. The molecule has 3 aromatic rings. The lowest BCUT2D eigenvalue weighted by molar-refractivity contribution is -0.114. The molecule has 2 aromatic carbocycles. The van der Waals surface area contributed by atoms with Gasteiger partial charge in [-0.05, 0) is 42.8 Å². The van der Waals surface area contributed by atoms with Crippen LogP contribution in [0.1, 0.15) is 12.5 Å². The van der Waals surface area contributed by atoms with Crippen LogP contribution in [0.5, 0.6) is 0 Å². The zero-order valence-electron chi connectivity index (χ0n) is 18.5. The highest BCUT2D eigenvalue weighted by Gasteiger charge is 2.21. The van der Waals surface area contributed by atoms with Gasteiger partial charge in [0.25, 0.3) is 10.0 Å². The number of hydrogen-bond donors (Lipinski definition) is 2. The lowest BCUT2D eigenvalue weighted by atomic mass is 10.2. The third-order valence-electron chi connectivity index (χ3n) is 5.36. The summed E-state index contributed by atoms with van der Waals surface area (Å²) in [5.41, 5.74) is 2.54. The van der Waals surface area contributed by atoms with E-state index in [1.54, 1.807) is 19.1 Å². The van der Waals surface area contributed by atoms with Crippen molar-refractivity contribution in [3.05, 3.63) is 66.5 Å². The fourth-order valence-electron chi connectivity index (χ4n) is 3.78. The maximum Gasteiger partial charge on any atom is 0.262 e. The van der Waals surface area contributed by atoms with Crippen LogP contribution in [0.25, 0.3) is 0 Å². The highest BCUT2D eigenvalue weighted by atomic mass is 32.2. The second kappa shape index (κ2) is 9.45. The molecule has 0 unspecified atom stereocenters. The summed E-state index contributed by atoms with van der Waals surface area (Å²) in [6, 6.07) is 14.9. The number of nitrogens with zero attached hydrogens (tertiary/aromatic N) is 4. The van der Waals surface area contributed by atoms with Gasteiger partial charge in [0.15, 0.2) is 0 Å². The second-order valence-electron chi connectivity index (χ2n) is 7.85. The minimum absolute atomic E-state index is 0.123. The second-order valence-corrected chi connectivity index (χ2v) is 9.50. The third-order valence-corrected chi connectivity index (χ3v) is 6.90. The van der Waals surface area contributed by atoms with Gasteiger partial charge < -0.3 is 15.1 Å². The van der Waals surface area contributed by atoms with E-state index in [2.05, 4.69) is 41.9 Å². The first-order chi connectivity index (χ1) is 15.8. The van der Waals surface area contributed by atoms with E-state index in [0.717, 1.165) is 26.2 Å². The number of benzene rings is 2. The Balaban J connectivity index is 1.40. The summed E-state index contributed by atoms with van der Waals surface area (Å²) in [5, 5.41) is 2.64. The zero-order valence-corrected chi connectivity index (χ0v) is 19.3. The molecular weight excluding hydrogens is 440 g/mol. The first-order valence-corrected chi connectivity index (χ1v) is 12.1. The normalized spacial score (nSPS) is 14.1. The minimum Gasteiger partial charge on any atom is -0.368 e. The highest BCUT2D eigenvalue weighted by Crippen LogP contribution is 2.23. The van der Waals surface area contributed by atoms with Crippen molar-refractivity contribution in [1.29, 1.82) is 0 Å². The maximum atomic E-state index is 12.8. The van der Waals surface area contributed by atoms with Crippen LogP contribution < -0.4 is 19.8 Å². The summed E-state index contributed by atoms with van der Waals surface area (Å²) in [6.07, 6.45) is 2.95. The van der Waals surface area contributed by atoms with Crippen molar-refractivity contribution >= 4 is 38.9 Å². The molecule has 4 rings (SSSR count). The van der Waals surface area contributed by atoms with Crippen molar-refractivity contribution in [1.82, 2.24) is 9.97 Å². The van der Waals surface area contributed by atoms with Gasteiger partial charge in [-0.3, -0.25) is 9.52 Å². The Morgan fingerprint density at radius 1 is 0.909 bits per heavy atom. The number of rotatable bonds is 6. The van der Waals surface area contributed by atoms with Gasteiger partial charge in [0.1, 0.15) is 0 Å². The number of hydrogen-bond acceptors (Lipinski definition) is 7. The van der Waals surface area contributed by atoms with Gasteiger partial charge in [-0.2, -0.15) is 0 Å². The van der Waals surface area contributed by atoms with Crippen molar-refractivity contribution in [2.45, 2.75) is 18.7 Å². The van der Waals surface area contributed by atoms with Crippen LogP contribution in [0.4, 0.5) is 23.0 Å². The molecule has 0 spiro atoms. The molecule has 33 heavy (non-hydrogen) atoms. The molecule has 10 heteroatoms. The van der Waals surface area contributed by atoms with Crippen LogP contribution in [0.2, 0.25) is 0 Å². The predicted molar refractivity (Wildman–Crippen MR) is 129 cm³/mol. The Morgan fingerprint density at radius 3 is 2.15 bits per heavy atom. The molecule has 1 fully saturated rings. The summed E-state index contributed by atoms with van der Waals surface area (Å²) >= 11 is 0. The molecule has 0 atom stereocenters. The van der Waals surface area contributed by atoms with Gasteiger partial charge in [-0.1, -0.05) is 18.2 Å². The summed E-state index contributed by atoms with van der Waals surface area (Å²) in [6.45, 7) is 6.34. The third kappa shape index (κ3) is 5.40. The zero-order chi connectivity index (χ0) is 23.4. The molecule has 0 saturated carbocycles. The summed E-state index contributed by atoms with van der Waals surface area (Å²) < 4.78 is 28.2. The van der Waals surface area contributed by atoms with E-state index in [4.69, 9.17) is 0 Å². The molecule has 0 aliphatic carbocycles. The van der Waals surface area contributed by atoms with Crippen LogP contribution in [-0.2, 0) is 14.8 Å². The molecule has 1 aliphatic rings. The molecule has 1 aliphatic heterocycles. The Labute approximate surface area is 193 Å². The lowest BCUT2D eigenvalue weighted by Gasteiger charge is -2.36. The smallest absolute Gasteiger partial charge is 0.262 e. The van der Waals surface area contributed by atoms with Gasteiger partial charge in [0.05, 0.1) is 23.0 Å². The maximum absolute atomic E-state index is 12.8. The van der Waals surface area contributed by atoms with Crippen LogP contribution in [0.3, 0.4) is 0 Å². The summed E-state index contributed by atoms with van der Waals surface area (Å²) in [7, 11) is -3.83. The van der Waals surface area contributed by atoms with Gasteiger partial charge >= 0.3 is 0 Å². The van der Waals surface area contributed by atoms with Gasteiger partial charge in [-0.15, -0.1) is 0 Å². The number of carbonyl (C=O) groups excluding carboxylic acids is 1. The number of nitrogens with one attached hydrogen (secondary N) is 2. The van der Waals surface area contributed by atoms with Crippen molar-refractivity contribution in [2.24, 2.45) is 0 Å². The molecule has 1 aromatic heterocycles. The lowest BCUT2D eigenvalue weighted by Crippen LogP contribution is -2.47. The first kappa shape index (κ1) is 22.5. The predicted octanol–water partition coefficient (Wildman–Crippen LogP) is 2.87. The fraction of sp³-hybridized carbons (Fsp3) is 0.261. The Bertz CT molecular complexity index is 1220. The van der Waals surface area contributed by atoms with E-state index in [-0.39, 0.29) is 16.5 Å². The SMILES string of the molecule is CC(=O)Nc1ccc(S(=O)(=O)Nc2cnc(N3CCN(c4ccccc4)CC3)nc2)c(C)c1. The van der Waals surface area contributed by atoms with E-state index < -0.39 is 10.0 Å². The largest absolute Gasteiger partial charge is 0.368 e. The molecule has 172 valence electrons. The average molecular weight is 467 g/mol. The molecule has 1 saturated heterocycles. The monoisotopic (exact) mass is 466 g/mol. The van der Waals surface area contributed by atoms with Crippen LogP contribution >= 0.6 is 0 Å². The molecule has 0 bridgehead atoms. The van der Waals surface area contributed by atoms with Crippen molar-refractivity contribution in [3.63, 3.8) is 0 Å². The quantitative estimate of drug-likeness (QED) is 0.575. The Kier molecular flexibility index (Phi) is 6.45. The van der Waals surface area contributed by atoms with Crippen LogP contribution in [0.15, 0.2) is 65.8 Å². The number of piperazine rings is 1. The fourth-order valence-corrected chi connectivity index (χ4v) is 5.04. The van der Waals surface area contributed by atoms with E-state index in [0.29, 0.717) is 17.2 Å². The van der Waals surface area contributed by atoms with E-state index >= 15 is 0 Å². The molecule has 9 nitrogen and oxygen atoms in total. The highest BCUT2D eigenvalue weighted by molar-refractivity contribution is 7.92. The van der Waals surface area contributed by atoms with E-state index in [1.165, 1.54) is 31.1 Å². The van der Waals surface area contributed by atoms with Crippen molar-refractivity contribution < 1.29 is 13.2 Å². The topological polar surface area (TPSA) is 108 Å². The van der Waals surface area contributed by atoms with Crippen LogP contribution in [-0.4, -0.2) is 50.5 Å². The van der Waals surface area contributed by atoms with Gasteiger partial charge in [0, 0.05) is 44.5 Å². The number of aromatic nitrogens is 2. The average Bonchev–Trinajstić information content (AvgIpc) is 2.79. The molecule has 2 N–H and O–H groups in total. The standard InChI is InChI=1S/C23H26N6O3S/c1-17-14-19(26-18(2)30)8-9-22(17)33(31,32)27-20-15-24-23(25-16-20)29-12-10-28(11-13-29)21-6-4-3-5-7-21/h3-9,14-16,27H,10-13H2,1-2H3,(H,26,30). The van der Waals surface area contributed by atoms with Crippen molar-refractivity contribution in [2.75, 3.05) is 46.0 Å². The van der Waals surface area contributed by atoms with E-state index in [9.17, 15) is 13.2 Å². The number of anilines is 4.